The average Bonchev–Trinajstić information content (AvgIpc) is 2.85. The largest absolute Gasteiger partial charge is 0.488 e. The van der Waals surface area contributed by atoms with E-state index in [0.29, 0.717) is 23.9 Å². The van der Waals surface area contributed by atoms with Crippen LogP contribution < -0.4 is 10.2 Å². The van der Waals surface area contributed by atoms with Crippen LogP contribution in [-0.2, 0) is 6.61 Å². The molecule has 1 heterocycles. The minimum atomic E-state index is -1.45. The lowest BCUT2D eigenvalue weighted by Gasteiger charge is -2.09. The van der Waals surface area contributed by atoms with Crippen LogP contribution in [0, 0.1) is 6.92 Å². The highest BCUT2D eigenvalue weighted by atomic mass is 16.5. The van der Waals surface area contributed by atoms with Crippen LogP contribution in [0.15, 0.2) is 30.5 Å². The Morgan fingerprint density at radius 2 is 2.05 bits per heavy atom. The van der Waals surface area contributed by atoms with Crippen molar-refractivity contribution in [3.8, 4) is 5.75 Å². The first-order valence-electron chi connectivity index (χ1n) is 6.61. The molecule has 1 aromatic heterocycles. The Morgan fingerprint density at radius 3 is 2.60 bits per heavy atom. The second-order valence-corrected chi connectivity index (χ2v) is 5.06. The third-order valence-electron chi connectivity index (χ3n) is 3.10. The van der Waals surface area contributed by atoms with Gasteiger partial charge in [0, 0.05) is 12.2 Å². The quantitative estimate of drug-likeness (QED) is 0.799. The van der Waals surface area contributed by atoms with Crippen LogP contribution in [0.1, 0.15) is 31.1 Å². The van der Waals surface area contributed by atoms with E-state index in [4.69, 9.17) is 14.8 Å². The molecule has 0 fully saturated rings. The van der Waals surface area contributed by atoms with Gasteiger partial charge in [0.1, 0.15) is 12.4 Å². The lowest BCUT2D eigenvalue weighted by Crippen LogP contribution is -2.31. The van der Waals surface area contributed by atoms with Crippen LogP contribution in [0.2, 0.25) is 0 Å². The molecule has 6 heteroatoms. The molecule has 0 amide bonds. The minimum Gasteiger partial charge on any atom is -0.487 e. The normalized spacial score (nSPS) is 10.9. The Kier molecular flexibility index (Phi) is 4.47. The fraction of sp³-hybridized carbons (Fsp3) is 0.357. The predicted molar refractivity (Wildman–Crippen MR) is 77.9 cm³/mol. The van der Waals surface area contributed by atoms with E-state index in [0.717, 1.165) is 11.3 Å². The minimum absolute atomic E-state index is 0.330. The van der Waals surface area contributed by atoms with Gasteiger partial charge in [-0.15, -0.1) is 0 Å². The molecule has 2 N–H and O–H groups in total. The Labute approximate surface area is 119 Å². The molecule has 0 saturated carbocycles. The van der Waals surface area contributed by atoms with Crippen molar-refractivity contribution in [2.75, 3.05) is 0 Å². The predicted octanol–water partition coefficient (Wildman–Crippen LogP) is 1.03. The van der Waals surface area contributed by atoms with Gasteiger partial charge in [0.2, 0.25) is 0 Å². The lowest BCUT2D eigenvalue weighted by atomic mass is 9.77. The Hall–Kier alpha value is -1.79. The van der Waals surface area contributed by atoms with E-state index in [1.807, 2.05) is 23.9 Å². The molecule has 0 aliphatic carbocycles. The fourth-order valence-electron chi connectivity index (χ4n) is 1.93. The van der Waals surface area contributed by atoms with Crippen LogP contribution in [0.3, 0.4) is 0 Å². The molecule has 5 nitrogen and oxygen atoms in total. The number of hydrogen-bond acceptors (Lipinski definition) is 4. The van der Waals surface area contributed by atoms with Crippen LogP contribution in [0.4, 0.5) is 0 Å². The third kappa shape index (κ3) is 3.40. The van der Waals surface area contributed by atoms with Gasteiger partial charge in [-0.1, -0.05) is 6.07 Å². The second-order valence-electron chi connectivity index (χ2n) is 5.06. The number of rotatable bonds is 5. The van der Waals surface area contributed by atoms with Gasteiger partial charge in [-0.05, 0) is 50.0 Å². The van der Waals surface area contributed by atoms with Crippen molar-refractivity contribution in [3.63, 3.8) is 0 Å². The molecule has 2 aromatic rings. The van der Waals surface area contributed by atoms with Crippen molar-refractivity contribution in [1.82, 2.24) is 9.78 Å². The summed E-state index contributed by atoms with van der Waals surface area (Å²) < 4.78 is 7.55. The molecule has 2 rings (SSSR count). The molecule has 0 saturated heterocycles. The molecular weight excluding hydrogens is 255 g/mol. The van der Waals surface area contributed by atoms with Crippen molar-refractivity contribution in [2.45, 2.75) is 33.4 Å². The van der Waals surface area contributed by atoms with Gasteiger partial charge >= 0.3 is 7.12 Å². The monoisotopic (exact) mass is 274 g/mol. The summed E-state index contributed by atoms with van der Waals surface area (Å²) in [6.45, 7) is 6.34. The molecule has 0 bridgehead atoms. The van der Waals surface area contributed by atoms with E-state index in [1.54, 1.807) is 18.2 Å². The first kappa shape index (κ1) is 14.6. The van der Waals surface area contributed by atoms with Gasteiger partial charge in [0.05, 0.1) is 5.69 Å². The standard InChI is InChI=1S/C14H19BN2O3/c1-10(2)17-7-6-12(16-17)9-20-13-4-5-14(15(18)19)11(3)8-13/h4-8,10,18-19H,9H2,1-3H3. The number of aryl methyl sites for hydroxylation is 1. The van der Waals surface area contributed by atoms with Crippen molar-refractivity contribution in [2.24, 2.45) is 0 Å². The zero-order valence-electron chi connectivity index (χ0n) is 11.9. The van der Waals surface area contributed by atoms with Crippen molar-refractivity contribution >= 4 is 12.6 Å². The summed E-state index contributed by atoms with van der Waals surface area (Å²) in [6, 6.07) is 7.42. The molecule has 106 valence electrons. The van der Waals surface area contributed by atoms with E-state index in [-0.39, 0.29) is 0 Å². The van der Waals surface area contributed by atoms with Gasteiger partial charge in [0.25, 0.3) is 0 Å². The van der Waals surface area contributed by atoms with E-state index in [2.05, 4.69) is 18.9 Å². The van der Waals surface area contributed by atoms with E-state index >= 15 is 0 Å². The first-order chi connectivity index (χ1) is 9.47. The number of aromatic nitrogens is 2. The van der Waals surface area contributed by atoms with Crippen LogP contribution in [-0.4, -0.2) is 26.9 Å². The van der Waals surface area contributed by atoms with Gasteiger partial charge < -0.3 is 14.8 Å². The average molecular weight is 274 g/mol. The number of ether oxygens (including phenoxy) is 1. The zero-order valence-corrected chi connectivity index (χ0v) is 11.9. The molecule has 0 radical (unpaired) electrons. The van der Waals surface area contributed by atoms with E-state index < -0.39 is 7.12 Å². The SMILES string of the molecule is Cc1cc(OCc2ccn(C(C)C)n2)ccc1B(O)O. The van der Waals surface area contributed by atoms with Crippen LogP contribution in [0.25, 0.3) is 0 Å². The topological polar surface area (TPSA) is 67.5 Å². The second kappa shape index (κ2) is 6.11. The summed E-state index contributed by atoms with van der Waals surface area (Å²) in [5.74, 6) is 0.686. The van der Waals surface area contributed by atoms with Gasteiger partial charge in [0.15, 0.2) is 0 Å². The maximum atomic E-state index is 9.16. The smallest absolute Gasteiger partial charge is 0.487 e. The number of benzene rings is 1. The summed E-state index contributed by atoms with van der Waals surface area (Å²) >= 11 is 0. The van der Waals surface area contributed by atoms with Crippen molar-refractivity contribution in [1.29, 1.82) is 0 Å². The molecular formula is C14H19BN2O3. The molecule has 1 aromatic carbocycles. The van der Waals surface area contributed by atoms with Crippen molar-refractivity contribution in [3.05, 3.63) is 41.7 Å². The van der Waals surface area contributed by atoms with Gasteiger partial charge in [-0.25, -0.2) is 0 Å². The van der Waals surface area contributed by atoms with Crippen molar-refractivity contribution < 1.29 is 14.8 Å². The summed E-state index contributed by atoms with van der Waals surface area (Å²) in [4.78, 5) is 0. The molecule has 0 aliphatic heterocycles. The molecule has 0 atom stereocenters. The highest BCUT2D eigenvalue weighted by Crippen LogP contribution is 2.14. The molecule has 0 spiro atoms. The maximum absolute atomic E-state index is 9.16. The molecule has 0 unspecified atom stereocenters. The van der Waals surface area contributed by atoms with Gasteiger partial charge in [-0.2, -0.15) is 5.10 Å². The molecule has 20 heavy (non-hydrogen) atoms. The Bertz CT molecular complexity index is 582. The van der Waals surface area contributed by atoms with E-state index in [1.165, 1.54) is 0 Å². The Morgan fingerprint density at radius 1 is 1.30 bits per heavy atom. The number of nitrogens with zero attached hydrogens (tertiary/aromatic N) is 2. The number of hydrogen-bond donors (Lipinski definition) is 2. The third-order valence-corrected chi connectivity index (χ3v) is 3.10. The summed E-state index contributed by atoms with van der Waals surface area (Å²) in [5, 5.41) is 22.7. The summed E-state index contributed by atoms with van der Waals surface area (Å²) in [6.07, 6.45) is 1.93. The van der Waals surface area contributed by atoms with Gasteiger partial charge in [-0.3, -0.25) is 4.68 Å². The van der Waals surface area contributed by atoms with Crippen LogP contribution in [0.5, 0.6) is 5.75 Å². The lowest BCUT2D eigenvalue weighted by molar-refractivity contribution is 0.298. The fourth-order valence-corrected chi connectivity index (χ4v) is 1.93. The Balaban J connectivity index is 2.01. The highest BCUT2D eigenvalue weighted by molar-refractivity contribution is 6.59. The maximum Gasteiger partial charge on any atom is 0.488 e. The zero-order chi connectivity index (χ0) is 14.7. The summed E-state index contributed by atoms with van der Waals surface area (Å²) in [5.41, 5.74) is 2.13. The molecule has 0 aliphatic rings. The highest BCUT2D eigenvalue weighted by Gasteiger charge is 2.14. The summed E-state index contributed by atoms with van der Waals surface area (Å²) in [7, 11) is -1.45. The first-order valence-corrected chi connectivity index (χ1v) is 6.61. The van der Waals surface area contributed by atoms with E-state index in [9.17, 15) is 0 Å². The van der Waals surface area contributed by atoms with Crippen LogP contribution >= 0.6 is 0 Å².